The van der Waals surface area contributed by atoms with Gasteiger partial charge in [-0.05, 0) is 50.9 Å². The number of rotatable bonds is 3. The van der Waals surface area contributed by atoms with Gasteiger partial charge < -0.3 is 4.98 Å². The van der Waals surface area contributed by atoms with Crippen molar-refractivity contribution in [3.8, 4) is 0 Å². The van der Waals surface area contributed by atoms with Crippen molar-refractivity contribution in [3.05, 3.63) is 49.4 Å². The molecule has 1 aromatic heterocycles. The number of halogens is 2. The summed E-state index contributed by atoms with van der Waals surface area (Å²) >= 11 is 13.8. The van der Waals surface area contributed by atoms with Crippen LogP contribution in [-0.2, 0) is 5.75 Å². The first-order valence-corrected chi connectivity index (χ1v) is 8.18. The van der Waals surface area contributed by atoms with E-state index >= 15 is 0 Å². The molecule has 0 spiro atoms. The van der Waals surface area contributed by atoms with Crippen LogP contribution in [0, 0.1) is 11.6 Å². The summed E-state index contributed by atoms with van der Waals surface area (Å²) in [6.07, 6.45) is 0. The average Bonchev–Trinajstić information content (AvgIpc) is 2.35. The molecule has 0 amide bonds. The van der Waals surface area contributed by atoms with E-state index in [1.807, 2.05) is 25.1 Å². The molecule has 0 aliphatic carbocycles. The van der Waals surface area contributed by atoms with E-state index < -0.39 is 0 Å². The number of H-pyrrole nitrogens is 1. The van der Waals surface area contributed by atoms with E-state index in [-0.39, 0.29) is 0 Å². The van der Waals surface area contributed by atoms with Crippen LogP contribution in [0.5, 0.6) is 0 Å². The van der Waals surface area contributed by atoms with E-state index in [9.17, 15) is 0 Å². The second kappa shape index (κ2) is 6.32. The van der Waals surface area contributed by atoms with Crippen molar-refractivity contribution in [3.63, 3.8) is 0 Å². The van der Waals surface area contributed by atoms with E-state index in [1.54, 1.807) is 11.8 Å². The molecule has 0 bridgehead atoms. The first kappa shape index (κ1) is 14.2. The topological polar surface area (TPSA) is 28.7 Å². The molecule has 0 unspecified atom stereocenters. The van der Waals surface area contributed by atoms with Crippen molar-refractivity contribution in [2.75, 3.05) is 0 Å². The minimum atomic E-state index is 0.606. The number of hydrogen-bond donors (Lipinski definition) is 1. The van der Waals surface area contributed by atoms with Crippen molar-refractivity contribution >= 4 is 55.8 Å². The third kappa shape index (κ3) is 3.44. The Labute approximate surface area is 132 Å². The smallest absolute Gasteiger partial charge is 0.144 e. The van der Waals surface area contributed by atoms with Gasteiger partial charge in [-0.3, -0.25) is 0 Å². The quantitative estimate of drug-likeness (QED) is 0.557. The summed E-state index contributed by atoms with van der Waals surface area (Å²) in [6, 6.07) is 8.14. The van der Waals surface area contributed by atoms with Crippen LogP contribution in [-0.4, -0.2) is 9.97 Å². The number of benzene rings is 1. The van der Waals surface area contributed by atoms with Crippen molar-refractivity contribution in [1.29, 1.82) is 0 Å². The molecular weight excluding hydrogens is 396 g/mol. The zero-order valence-electron chi connectivity index (χ0n) is 9.54. The fraction of sp³-hybridized carbons (Fsp3) is 0.167. The van der Waals surface area contributed by atoms with Crippen LogP contribution in [0.15, 0.2) is 38.1 Å². The van der Waals surface area contributed by atoms with Crippen LogP contribution in [0.1, 0.15) is 11.5 Å². The second-order valence-electron chi connectivity index (χ2n) is 3.65. The van der Waals surface area contributed by atoms with Crippen LogP contribution >= 0.6 is 55.8 Å². The van der Waals surface area contributed by atoms with Crippen LogP contribution in [0.2, 0.25) is 0 Å². The van der Waals surface area contributed by atoms with Gasteiger partial charge in [0.2, 0.25) is 0 Å². The maximum atomic E-state index is 5.19. The van der Waals surface area contributed by atoms with Gasteiger partial charge in [-0.2, -0.15) is 0 Å². The Morgan fingerprint density at radius 2 is 2.06 bits per heavy atom. The molecule has 2 aromatic rings. The monoisotopic (exact) mass is 404 g/mol. The molecule has 6 heteroatoms. The van der Waals surface area contributed by atoms with E-state index in [4.69, 9.17) is 12.2 Å². The van der Waals surface area contributed by atoms with Gasteiger partial charge in [-0.1, -0.05) is 24.4 Å². The maximum absolute atomic E-state index is 5.19. The predicted octanol–water partition coefficient (Wildman–Crippen LogP) is 5.26. The molecule has 2 rings (SSSR count). The van der Waals surface area contributed by atoms with Gasteiger partial charge in [0.1, 0.15) is 10.5 Å². The highest BCUT2D eigenvalue weighted by Gasteiger charge is 2.05. The highest BCUT2D eigenvalue weighted by Crippen LogP contribution is 2.29. The van der Waals surface area contributed by atoms with Gasteiger partial charge in [0.25, 0.3) is 0 Å². The molecule has 1 aromatic carbocycles. The molecule has 2 nitrogen and oxygen atoms in total. The highest BCUT2D eigenvalue weighted by atomic mass is 79.9. The van der Waals surface area contributed by atoms with Crippen LogP contribution in [0.4, 0.5) is 0 Å². The summed E-state index contributed by atoms with van der Waals surface area (Å²) in [5, 5.41) is 0. The van der Waals surface area contributed by atoms with Crippen LogP contribution in [0.25, 0.3) is 0 Å². The lowest BCUT2D eigenvalue weighted by Crippen LogP contribution is -1.97. The van der Waals surface area contributed by atoms with Crippen molar-refractivity contribution in [2.24, 2.45) is 0 Å². The molecule has 0 saturated carbocycles. The highest BCUT2D eigenvalue weighted by molar-refractivity contribution is 9.10. The number of thioether (sulfide) groups is 1. The first-order chi connectivity index (χ1) is 8.58. The Morgan fingerprint density at radius 1 is 1.33 bits per heavy atom. The van der Waals surface area contributed by atoms with Gasteiger partial charge in [0, 0.05) is 15.1 Å². The van der Waals surface area contributed by atoms with Gasteiger partial charge in [0.05, 0.1) is 10.2 Å². The Balaban J connectivity index is 2.17. The number of aromatic amines is 1. The molecule has 0 atom stereocenters. The van der Waals surface area contributed by atoms with Gasteiger partial charge in [-0.15, -0.1) is 11.8 Å². The third-order valence-electron chi connectivity index (χ3n) is 2.29. The number of aryl methyl sites for hydroxylation is 1. The van der Waals surface area contributed by atoms with E-state index in [0.717, 1.165) is 26.2 Å². The minimum Gasteiger partial charge on any atom is -0.346 e. The van der Waals surface area contributed by atoms with Crippen molar-refractivity contribution < 1.29 is 0 Å². The molecule has 18 heavy (non-hydrogen) atoms. The van der Waals surface area contributed by atoms with E-state index in [2.05, 4.69) is 47.9 Å². The molecular formula is C12H10Br2N2S2. The molecule has 0 fully saturated rings. The summed E-state index contributed by atoms with van der Waals surface area (Å²) in [6.45, 7) is 1.98. The zero-order chi connectivity index (χ0) is 13.1. The molecule has 0 radical (unpaired) electrons. The van der Waals surface area contributed by atoms with Crippen LogP contribution in [0.3, 0.4) is 0 Å². The summed E-state index contributed by atoms with van der Waals surface area (Å²) in [7, 11) is 0. The normalized spacial score (nSPS) is 10.6. The van der Waals surface area contributed by atoms with Crippen molar-refractivity contribution in [1.82, 2.24) is 9.97 Å². The lowest BCUT2D eigenvalue weighted by molar-refractivity contribution is 0.973. The number of aromatic nitrogens is 2. The number of nitrogens with one attached hydrogen (secondary N) is 1. The molecule has 0 saturated heterocycles. The van der Waals surface area contributed by atoms with Gasteiger partial charge >= 0.3 is 0 Å². The van der Waals surface area contributed by atoms with Crippen LogP contribution < -0.4 is 0 Å². The Hall–Kier alpha value is -0.170. The van der Waals surface area contributed by atoms with E-state index in [0.29, 0.717) is 4.64 Å². The minimum absolute atomic E-state index is 0.606. The summed E-state index contributed by atoms with van der Waals surface area (Å²) in [5.41, 5.74) is 1.01. The summed E-state index contributed by atoms with van der Waals surface area (Å²) < 4.78 is 2.57. The molecule has 0 aliphatic heterocycles. The Kier molecular flexibility index (Phi) is 5.00. The largest absolute Gasteiger partial charge is 0.346 e. The molecule has 0 aliphatic rings. The standard InChI is InChI=1S/C12H10Br2N2S2/c1-7-11(14)12(17)16-10(15-7)6-18-9-5-3-2-4-8(9)13/h2-5H,6H2,1H3,(H,15,16,17). The average molecular weight is 406 g/mol. The predicted molar refractivity (Wildman–Crippen MR) is 85.6 cm³/mol. The molecule has 1 N–H and O–H groups in total. The maximum Gasteiger partial charge on any atom is 0.144 e. The van der Waals surface area contributed by atoms with E-state index in [1.165, 1.54) is 4.90 Å². The number of hydrogen-bond acceptors (Lipinski definition) is 3. The molecule has 1 heterocycles. The lowest BCUT2D eigenvalue weighted by Gasteiger charge is -2.06. The van der Waals surface area contributed by atoms with Gasteiger partial charge in [0.15, 0.2) is 0 Å². The number of nitrogens with zero attached hydrogens (tertiary/aromatic N) is 1. The van der Waals surface area contributed by atoms with Gasteiger partial charge in [-0.25, -0.2) is 4.98 Å². The Bertz CT molecular complexity index is 626. The fourth-order valence-corrected chi connectivity index (χ4v) is 3.30. The first-order valence-electron chi connectivity index (χ1n) is 5.20. The third-order valence-corrected chi connectivity index (χ3v) is 5.85. The van der Waals surface area contributed by atoms with Crippen molar-refractivity contribution in [2.45, 2.75) is 17.6 Å². The molecule has 94 valence electrons. The summed E-state index contributed by atoms with van der Waals surface area (Å²) in [5.74, 6) is 1.65. The fourth-order valence-electron chi connectivity index (χ4n) is 1.41. The zero-order valence-corrected chi connectivity index (χ0v) is 14.3. The SMILES string of the molecule is Cc1[nH]c(CSc2ccccc2Br)nc(=S)c1Br. The second-order valence-corrected chi connectivity index (χ2v) is 6.70. The lowest BCUT2D eigenvalue weighted by atomic mass is 10.4. The Morgan fingerprint density at radius 3 is 2.72 bits per heavy atom. The summed E-state index contributed by atoms with van der Waals surface area (Å²) in [4.78, 5) is 8.79.